The molecule has 5 nitrogen and oxygen atoms in total. The molecule has 0 saturated carbocycles. The lowest BCUT2D eigenvalue weighted by molar-refractivity contribution is -0.130. The number of likely N-dealkylation sites (tertiary alicyclic amines) is 1. The number of hydrogen-bond donors (Lipinski definition) is 0. The zero-order chi connectivity index (χ0) is 14.7. The highest BCUT2D eigenvalue weighted by Gasteiger charge is 2.22. The highest BCUT2D eigenvalue weighted by Crippen LogP contribution is 2.17. The Bertz CT molecular complexity index is 527. The number of pyridine rings is 1. The fraction of sp³-hybridized carbons (Fsp3) is 0.500. The van der Waals surface area contributed by atoms with Crippen LogP contribution in [0.2, 0.25) is 5.02 Å². The number of carbonyl (C=O) groups excluding carboxylic acids is 2. The van der Waals surface area contributed by atoms with Crippen molar-refractivity contribution in [2.24, 2.45) is 0 Å². The van der Waals surface area contributed by atoms with E-state index < -0.39 is 0 Å². The maximum absolute atomic E-state index is 12.3. The summed E-state index contributed by atoms with van der Waals surface area (Å²) < 4.78 is 0. The molecule has 1 aliphatic heterocycles. The smallest absolute Gasteiger partial charge is 0.257 e. The highest BCUT2D eigenvalue weighted by molar-refractivity contribution is 6.33. The molecule has 2 heterocycles. The molecule has 1 aromatic heterocycles. The molecule has 108 valence electrons. The first-order chi connectivity index (χ1) is 9.49. The Morgan fingerprint density at radius 2 is 2.05 bits per heavy atom. The van der Waals surface area contributed by atoms with Crippen LogP contribution in [-0.2, 0) is 4.79 Å². The third-order valence-electron chi connectivity index (χ3n) is 3.40. The second-order valence-corrected chi connectivity index (χ2v) is 5.46. The molecule has 0 bridgehead atoms. The number of nitrogens with zero attached hydrogens (tertiary/aromatic N) is 3. The van der Waals surface area contributed by atoms with Crippen molar-refractivity contribution in [1.82, 2.24) is 14.8 Å². The molecular formula is C14H18ClN3O2. The Morgan fingerprint density at radius 3 is 2.65 bits per heavy atom. The van der Waals surface area contributed by atoms with Gasteiger partial charge in [0.15, 0.2) is 0 Å². The molecule has 0 aliphatic carbocycles. The Kier molecular flexibility index (Phi) is 4.60. The van der Waals surface area contributed by atoms with Gasteiger partial charge in [-0.05, 0) is 25.8 Å². The standard InChI is InChI=1S/C14H18ClN3O2/c1-10-7-12(15)11(8-16-10)14(20)17(2)9-13(19)18-5-3-4-6-18/h7-8H,3-6,9H2,1-2H3. The van der Waals surface area contributed by atoms with Gasteiger partial charge >= 0.3 is 0 Å². The van der Waals surface area contributed by atoms with Crippen LogP contribution in [0.15, 0.2) is 12.3 Å². The fourth-order valence-electron chi connectivity index (χ4n) is 2.23. The minimum atomic E-state index is -0.282. The Balaban J connectivity index is 2.02. The molecule has 1 aromatic rings. The Morgan fingerprint density at radius 1 is 1.40 bits per heavy atom. The molecule has 1 fully saturated rings. The number of carbonyl (C=O) groups is 2. The number of likely N-dealkylation sites (N-methyl/N-ethyl adjacent to an activating group) is 1. The van der Waals surface area contributed by atoms with Crippen molar-refractivity contribution in [1.29, 1.82) is 0 Å². The van der Waals surface area contributed by atoms with Crippen molar-refractivity contribution in [3.05, 3.63) is 28.5 Å². The van der Waals surface area contributed by atoms with Crippen molar-refractivity contribution < 1.29 is 9.59 Å². The molecule has 0 aromatic carbocycles. The molecule has 1 aliphatic rings. The normalized spacial score (nSPS) is 14.4. The first-order valence-electron chi connectivity index (χ1n) is 6.64. The summed E-state index contributed by atoms with van der Waals surface area (Å²) in [5.74, 6) is -0.301. The second kappa shape index (κ2) is 6.22. The molecule has 0 unspecified atom stereocenters. The van der Waals surface area contributed by atoms with Gasteiger partial charge in [0.25, 0.3) is 5.91 Å². The summed E-state index contributed by atoms with van der Waals surface area (Å²) in [4.78, 5) is 31.5. The third-order valence-corrected chi connectivity index (χ3v) is 3.71. The Labute approximate surface area is 123 Å². The summed E-state index contributed by atoms with van der Waals surface area (Å²) in [5.41, 5.74) is 1.08. The van der Waals surface area contributed by atoms with Crippen LogP contribution in [0.5, 0.6) is 0 Å². The number of aromatic nitrogens is 1. The van der Waals surface area contributed by atoms with Gasteiger partial charge in [-0.15, -0.1) is 0 Å². The number of rotatable bonds is 3. The van der Waals surface area contributed by atoms with Crippen LogP contribution in [0, 0.1) is 6.92 Å². The quantitative estimate of drug-likeness (QED) is 0.853. The van der Waals surface area contributed by atoms with Crippen LogP contribution in [0.3, 0.4) is 0 Å². The van der Waals surface area contributed by atoms with E-state index in [1.165, 1.54) is 11.1 Å². The van der Waals surface area contributed by atoms with E-state index in [0.29, 0.717) is 10.6 Å². The zero-order valence-electron chi connectivity index (χ0n) is 11.7. The van der Waals surface area contributed by atoms with E-state index in [9.17, 15) is 9.59 Å². The van der Waals surface area contributed by atoms with Crippen LogP contribution in [0.4, 0.5) is 0 Å². The highest BCUT2D eigenvalue weighted by atomic mass is 35.5. The second-order valence-electron chi connectivity index (χ2n) is 5.05. The summed E-state index contributed by atoms with van der Waals surface area (Å²) >= 11 is 6.05. The fourth-order valence-corrected chi connectivity index (χ4v) is 2.52. The van der Waals surface area contributed by atoms with Crippen molar-refractivity contribution in [3.8, 4) is 0 Å². The van der Waals surface area contributed by atoms with E-state index in [4.69, 9.17) is 11.6 Å². The van der Waals surface area contributed by atoms with Gasteiger partial charge in [0, 0.05) is 32.0 Å². The van der Waals surface area contributed by atoms with E-state index >= 15 is 0 Å². The summed E-state index contributed by atoms with van der Waals surface area (Å²) in [7, 11) is 1.60. The van der Waals surface area contributed by atoms with Crippen molar-refractivity contribution in [2.45, 2.75) is 19.8 Å². The number of hydrogen-bond acceptors (Lipinski definition) is 3. The molecule has 0 N–H and O–H groups in total. The van der Waals surface area contributed by atoms with Crippen molar-refractivity contribution in [2.75, 3.05) is 26.7 Å². The Hall–Kier alpha value is -1.62. The minimum Gasteiger partial charge on any atom is -0.341 e. The lowest BCUT2D eigenvalue weighted by atomic mass is 10.2. The van der Waals surface area contributed by atoms with Crippen molar-refractivity contribution in [3.63, 3.8) is 0 Å². The number of aryl methyl sites for hydroxylation is 1. The molecule has 2 rings (SSSR count). The lowest BCUT2D eigenvalue weighted by Crippen LogP contribution is -2.40. The number of amides is 2. The van der Waals surface area contributed by atoms with Gasteiger partial charge < -0.3 is 9.80 Å². The van der Waals surface area contributed by atoms with E-state index in [2.05, 4.69) is 4.98 Å². The van der Waals surface area contributed by atoms with Gasteiger partial charge in [-0.25, -0.2) is 0 Å². The van der Waals surface area contributed by atoms with Gasteiger partial charge in [-0.3, -0.25) is 14.6 Å². The van der Waals surface area contributed by atoms with E-state index in [1.807, 2.05) is 0 Å². The van der Waals surface area contributed by atoms with Crippen LogP contribution < -0.4 is 0 Å². The first kappa shape index (κ1) is 14.8. The van der Waals surface area contributed by atoms with Crippen LogP contribution >= 0.6 is 11.6 Å². The summed E-state index contributed by atoms with van der Waals surface area (Å²) in [5, 5.41) is 0.364. The average molecular weight is 296 g/mol. The zero-order valence-corrected chi connectivity index (χ0v) is 12.5. The van der Waals surface area contributed by atoms with Crippen LogP contribution in [0.25, 0.3) is 0 Å². The van der Waals surface area contributed by atoms with Crippen LogP contribution in [0.1, 0.15) is 28.9 Å². The predicted octanol–water partition coefficient (Wildman–Crippen LogP) is 1.74. The van der Waals surface area contributed by atoms with E-state index in [1.54, 1.807) is 24.9 Å². The van der Waals surface area contributed by atoms with Gasteiger partial charge in [0.1, 0.15) is 0 Å². The molecule has 20 heavy (non-hydrogen) atoms. The molecule has 0 radical (unpaired) electrons. The van der Waals surface area contributed by atoms with Gasteiger partial charge in [0.2, 0.25) is 5.91 Å². The maximum atomic E-state index is 12.3. The topological polar surface area (TPSA) is 53.5 Å². The van der Waals surface area contributed by atoms with Gasteiger partial charge in [-0.2, -0.15) is 0 Å². The summed E-state index contributed by atoms with van der Waals surface area (Å²) in [6, 6.07) is 1.64. The number of halogens is 1. The van der Waals surface area contributed by atoms with E-state index in [-0.39, 0.29) is 18.4 Å². The molecule has 6 heteroatoms. The molecular weight excluding hydrogens is 278 g/mol. The average Bonchev–Trinajstić information content (AvgIpc) is 2.91. The minimum absolute atomic E-state index is 0.0189. The molecule has 0 spiro atoms. The van der Waals surface area contributed by atoms with E-state index in [0.717, 1.165) is 31.6 Å². The van der Waals surface area contributed by atoms with Gasteiger partial charge in [0.05, 0.1) is 17.1 Å². The summed E-state index contributed by atoms with van der Waals surface area (Å²) in [6.07, 6.45) is 3.53. The molecule has 1 saturated heterocycles. The SMILES string of the molecule is Cc1cc(Cl)c(C(=O)N(C)CC(=O)N2CCCC2)cn1. The largest absolute Gasteiger partial charge is 0.341 e. The van der Waals surface area contributed by atoms with Crippen molar-refractivity contribution >= 4 is 23.4 Å². The maximum Gasteiger partial charge on any atom is 0.257 e. The van der Waals surface area contributed by atoms with Gasteiger partial charge in [-0.1, -0.05) is 11.6 Å². The third kappa shape index (κ3) is 3.28. The monoisotopic (exact) mass is 295 g/mol. The van der Waals surface area contributed by atoms with Crippen LogP contribution in [-0.4, -0.2) is 53.3 Å². The first-order valence-corrected chi connectivity index (χ1v) is 7.02. The summed E-state index contributed by atoms with van der Waals surface area (Å²) in [6.45, 7) is 3.45. The predicted molar refractivity (Wildman–Crippen MR) is 76.8 cm³/mol. The molecule has 2 amide bonds. The molecule has 0 atom stereocenters. The lowest BCUT2D eigenvalue weighted by Gasteiger charge is -2.21.